The molecule has 0 saturated carbocycles. The Hall–Kier alpha value is -2.02. The number of aryl methyl sites for hydroxylation is 1. The van der Waals surface area contributed by atoms with Crippen LogP contribution in [0.5, 0.6) is 5.75 Å². The second-order valence-electron chi connectivity index (χ2n) is 2.80. The molecule has 0 aliphatic carbocycles. The molecule has 0 aliphatic rings. The molecule has 0 spiro atoms. The van der Waals surface area contributed by atoms with Gasteiger partial charge in [0, 0.05) is 0 Å². The molecular weight excluding hydrogens is 182 g/mol. The molecule has 0 bridgehead atoms. The van der Waals surface area contributed by atoms with Crippen molar-refractivity contribution in [3.63, 3.8) is 0 Å². The summed E-state index contributed by atoms with van der Waals surface area (Å²) in [6.07, 6.45) is 0.463. The molecule has 0 fully saturated rings. The highest BCUT2D eigenvalue weighted by atomic mass is 16.4. The number of nitrogens with zero attached hydrogens (tertiary/aromatic N) is 1. The first-order valence-electron chi connectivity index (χ1n) is 4.09. The molecule has 0 radical (unpaired) electrons. The molecule has 4 nitrogen and oxygen atoms in total. The van der Waals surface area contributed by atoms with Gasteiger partial charge in [-0.15, -0.1) is 0 Å². The molecule has 0 heterocycles. The van der Waals surface area contributed by atoms with Crippen molar-refractivity contribution in [3.8, 4) is 11.8 Å². The number of hydrogen-bond donors (Lipinski definition) is 2. The monoisotopic (exact) mass is 191 g/mol. The van der Waals surface area contributed by atoms with E-state index < -0.39 is 5.97 Å². The SMILES string of the molecule is CCc1cc(O)cc(C#N)c1C(=O)O. The van der Waals surface area contributed by atoms with Gasteiger partial charge in [0.05, 0.1) is 11.1 Å². The van der Waals surface area contributed by atoms with Crippen LogP contribution in [0, 0.1) is 11.3 Å². The van der Waals surface area contributed by atoms with Crippen LogP contribution in [0.3, 0.4) is 0 Å². The Morgan fingerprint density at radius 1 is 1.57 bits per heavy atom. The number of hydrogen-bond acceptors (Lipinski definition) is 3. The fraction of sp³-hybridized carbons (Fsp3) is 0.200. The predicted molar refractivity (Wildman–Crippen MR) is 49.2 cm³/mol. The van der Waals surface area contributed by atoms with E-state index in [1.54, 1.807) is 13.0 Å². The Bertz CT molecular complexity index is 418. The number of phenolic OH excluding ortho intramolecular Hbond substituents is 1. The van der Waals surface area contributed by atoms with Crippen LogP contribution in [-0.4, -0.2) is 16.2 Å². The zero-order chi connectivity index (χ0) is 10.7. The summed E-state index contributed by atoms with van der Waals surface area (Å²) in [5.74, 6) is -1.22. The van der Waals surface area contributed by atoms with Gasteiger partial charge in [0.2, 0.25) is 0 Å². The molecular formula is C10H9NO3. The lowest BCUT2D eigenvalue weighted by Crippen LogP contribution is -2.05. The Kier molecular flexibility index (Phi) is 2.73. The molecule has 0 aliphatic heterocycles. The number of carboxylic acids is 1. The number of carboxylic acid groups (broad SMARTS) is 1. The molecule has 1 aromatic rings. The second kappa shape index (κ2) is 3.79. The molecule has 2 N–H and O–H groups in total. The lowest BCUT2D eigenvalue weighted by Gasteiger charge is -2.05. The van der Waals surface area contributed by atoms with Crippen LogP contribution in [-0.2, 0) is 6.42 Å². The molecule has 0 unspecified atom stereocenters. The van der Waals surface area contributed by atoms with Gasteiger partial charge < -0.3 is 10.2 Å². The maximum Gasteiger partial charge on any atom is 0.337 e. The number of phenols is 1. The number of aromatic hydroxyl groups is 1. The van der Waals surface area contributed by atoms with E-state index in [1.807, 2.05) is 0 Å². The van der Waals surface area contributed by atoms with E-state index in [4.69, 9.17) is 10.4 Å². The summed E-state index contributed by atoms with van der Waals surface area (Å²) < 4.78 is 0. The highest BCUT2D eigenvalue weighted by Gasteiger charge is 2.15. The summed E-state index contributed by atoms with van der Waals surface area (Å²) >= 11 is 0. The van der Waals surface area contributed by atoms with Crippen molar-refractivity contribution in [2.45, 2.75) is 13.3 Å². The maximum atomic E-state index is 10.8. The first kappa shape index (κ1) is 10.1. The third kappa shape index (κ3) is 1.67. The summed E-state index contributed by atoms with van der Waals surface area (Å²) in [7, 11) is 0. The highest BCUT2D eigenvalue weighted by Crippen LogP contribution is 2.21. The fourth-order valence-electron chi connectivity index (χ4n) is 1.30. The van der Waals surface area contributed by atoms with E-state index in [-0.39, 0.29) is 16.9 Å². The van der Waals surface area contributed by atoms with E-state index in [1.165, 1.54) is 6.07 Å². The molecule has 14 heavy (non-hydrogen) atoms. The standard InChI is InChI=1S/C10H9NO3/c1-2-6-3-8(12)4-7(5-11)9(6)10(13)14/h3-4,12H,2H2,1H3,(H,13,14). The largest absolute Gasteiger partial charge is 0.508 e. The summed E-state index contributed by atoms with van der Waals surface area (Å²) in [6, 6.07) is 4.27. The van der Waals surface area contributed by atoms with Crippen molar-refractivity contribution in [2.24, 2.45) is 0 Å². The van der Waals surface area contributed by atoms with Crippen LogP contribution >= 0.6 is 0 Å². The lowest BCUT2D eigenvalue weighted by atomic mass is 9.99. The van der Waals surface area contributed by atoms with Crippen molar-refractivity contribution < 1.29 is 15.0 Å². The minimum Gasteiger partial charge on any atom is -0.508 e. The minimum atomic E-state index is -1.14. The quantitative estimate of drug-likeness (QED) is 0.742. The van der Waals surface area contributed by atoms with Crippen molar-refractivity contribution >= 4 is 5.97 Å². The number of nitriles is 1. The van der Waals surface area contributed by atoms with Crippen LogP contribution in [0.25, 0.3) is 0 Å². The average Bonchev–Trinajstić information content (AvgIpc) is 2.15. The second-order valence-corrected chi connectivity index (χ2v) is 2.80. The van der Waals surface area contributed by atoms with Crippen molar-refractivity contribution in [3.05, 3.63) is 28.8 Å². The Labute approximate surface area is 81.0 Å². The molecule has 0 saturated heterocycles. The predicted octanol–water partition coefficient (Wildman–Crippen LogP) is 1.52. The number of aromatic carboxylic acids is 1. The van der Waals surface area contributed by atoms with E-state index in [0.29, 0.717) is 12.0 Å². The van der Waals surface area contributed by atoms with Crippen molar-refractivity contribution in [1.82, 2.24) is 0 Å². The molecule has 1 rings (SSSR count). The van der Waals surface area contributed by atoms with Gasteiger partial charge in [-0.05, 0) is 24.1 Å². The third-order valence-electron chi connectivity index (χ3n) is 1.92. The average molecular weight is 191 g/mol. The minimum absolute atomic E-state index is 0.00523. The third-order valence-corrected chi connectivity index (χ3v) is 1.92. The van der Waals surface area contributed by atoms with Gasteiger partial charge >= 0.3 is 5.97 Å². The number of rotatable bonds is 2. The first-order chi connectivity index (χ1) is 6.60. The summed E-state index contributed by atoms with van der Waals surface area (Å²) in [5, 5.41) is 26.8. The Morgan fingerprint density at radius 2 is 2.21 bits per heavy atom. The van der Waals surface area contributed by atoms with E-state index >= 15 is 0 Å². The molecule has 4 heteroatoms. The molecule has 72 valence electrons. The van der Waals surface area contributed by atoms with E-state index in [0.717, 1.165) is 6.07 Å². The first-order valence-corrected chi connectivity index (χ1v) is 4.09. The van der Waals surface area contributed by atoms with E-state index in [2.05, 4.69) is 0 Å². The van der Waals surface area contributed by atoms with Crippen LogP contribution in [0.2, 0.25) is 0 Å². The van der Waals surface area contributed by atoms with Gasteiger partial charge in [-0.25, -0.2) is 4.79 Å². The van der Waals surface area contributed by atoms with Gasteiger partial charge in [0.1, 0.15) is 11.8 Å². The highest BCUT2D eigenvalue weighted by molar-refractivity contribution is 5.92. The maximum absolute atomic E-state index is 10.8. The van der Waals surface area contributed by atoms with Crippen LogP contribution in [0.15, 0.2) is 12.1 Å². The smallest absolute Gasteiger partial charge is 0.337 e. The topological polar surface area (TPSA) is 81.3 Å². The van der Waals surface area contributed by atoms with Gasteiger partial charge in [-0.3, -0.25) is 0 Å². The molecule has 1 aromatic carbocycles. The fourth-order valence-corrected chi connectivity index (χ4v) is 1.30. The zero-order valence-corrected chi connectivity index (χ0v) is 7.61. The number of benzene rings is 1. The number of carbonyl (C=O) groups is 1. The normalized spacial score (nSPS) is 9.43. The summed E-state index contributed by atoms with van der Waals surface area (Å²) in [6.45, 7) is 1.77. The Morgan fingerprint density at radius 3 is 2.64 bits per heavy atom. The van der Waals surface area contributed by atoms with E-state index in [9.17, 15) is 9.90 Å². The van der Waals surface area contributed by atoms with Gasteiger partial charge in [0.25, 0.3) is 0 Å². The van der Waals surface area contributed by atoms with Gasteiger partial charge in [0.15, 0.2) is 0 Å². The van der Waals surface area contributed by atoms with Crippen molar-refractivity contribution in [2.75, 3.05) is 0 Å². The summed E-state index contributed by atoms with van der Waals surface area (Å²) in [4.78, 5) is 10.8. The lowest BCUT2D eigenvalue weighted by molar-refractivity contribution is 0.0695. The van der Waals surface area contributed by atoms with Crippen LogP contribution in [0.1, 0.15) is 28.4 Å². The molecule has 0 amide bonds. The van der Waals surface area contributed by atoms with Gasteiger partial charge in [-0.1, -0.05) is 6.92 Å². The zero-order valence-electron chi connectivity index (χ0n) is 7.61. The molecule has 0 atom stereocenters. The molecule has 0 aromatic heterocycles. The van der Waals surface area contributed by atoms with Gasteiger partial charge in [-0.2, -0.15) is 5.26 Å². The van der Waals surface area contributed by atoms with Crippen LogP contribution in [0.4, 0.5) is 0 Å². The van der Waals surface area contributed by atoms with Crippen LogP contribution < -0.4 is 0 Å². The summed E-state index contributed by atoms with van der Waals surface area (Å²) in [5.41, 5.74) is 0.441. The Balaban J connectivity index is 3.50. The van der Waals surface area contributed by atoms with Crippen molar-refractivity contribution in [1.29, 1.82) is 5.26 Å².